The van der Waals surface area contributed by atoms with Crippen molar-refractivity contribution in [2.24, 2.45) is 0 Å². The van der Waals surface area contributed by atoms with Gasteiger partial charge in [0.05, 0.1) is 14.2 Å². The van der Waals surface area contributed by atoms with Gasteiger partial charge in [-0.3, -0.25) is 9.59 Å². The number of ether oxygens (including phenoxy) is 2. The number of carbonyl (C=O) groups excluding carboxylic acids is 2. The molecule has 0 amide bonds. The van der Waals surface area contributed by atoms with Crippen LogP contribution in [0.15, 0.2) is 0 Å². The summed E-state index contributed by atoms with van der Waals surface area (Å²) in [6, 6.07) is 0. The maximum absolute atomic E-state index is 10.9. The smallest absolute Gasteiger partial charge is 0.320 e. The van der Waals surface area contributed by atoms with Crippen molar-refractivity contribution in [3.63, 3.8) is 0 Å². The van der Waals surface area contributed by atoms with Crippen LogP contribution in [0.3, 0.4) is 0 Å². The van der Waals surface area contributed by atoms with Crippen molar-refractivity contribution in [2.75, 3.05) is 14.2 Å². The fourth-order valence-corrected chi connectivity index (χ4v) is 1.56. The molecule has 0 saturated heterocycles. The molecule has 4 nitrogen and oxygen atoms in total. The summed E-state index contributed by atoms with van der Waals surface area (Å²) in [5, 5.41) is 0. The molecule has 0 aromatic carbocycles. The third kappa shape index (κ3) is 3.42. The van der Waals surface area contributed by atoms with Gasteiger partial charge in [-0.05, 0) is 0 Å². The van der Waals surface area contributed by atoms with Crippen LogP contribution in [0.2, 0.25) is 0 Å². The summed E-state index contributed by atoms with van der Waals surface area (Å²) in [5.41, 5.74) is 0. The second kappa shape index (κ2) is 5.95. The number of esters is 2. The lowest BCUT2D eigenvalue weighted by atomic mass is 10.3. The number of methoxy groups -OCH3 is 2. The van der Waals surface area contributed by atoms with Gasteiger partial charge in [0.1, 0.15) is 7.85 Å². The quantitative estimate of drug-likeness (QED) is 0.404. The molecule has 70 valence electrons. The Kier molecular flexibility index (Phi) is 6.14. The first-order chi connectivity index (χ1) is 5.54. The fraction of sp³-hybridized carbons (Fsp3) is 0.667. The van der Waals surface area contributed by atoms with E-state index in [9.17, 15) is 9.59 Å². The van der Waals surface area contributed by atoms with Gasteiger partial charge in [-0.1, -0.05) is 45.2 Å². The van der Waals surface area contributed by atoms with Crippen molar-refractivity contribution in [3.05, 3.63) is 0 Å². The maximum Gasteiger partial charge on any atom is 0.320 e. The van der Waals surface area contributed by atoms with E-state index in [1.54, 1.807) is 0 Å². The van der Waals surface area contributed by atoms with Crippen molar-refractivity contribution in [2.45, 2.75) is 7.85 Å². The van der Waals surface area contributed by atoms with E-state index >= 15 is 0 Å². The Balaban J connectivity index is 4.18. The number of carbonyl (C=O) groups is 2. The molecule has 0 aliphatic carbocycles. The Morgan fingerprint density at radius 3 is 1.42 bits per heavy atom. The maximum atomic E-state index is 10.9. The largest absolute Gasteiger partial charge is 0.468 e. The Morgan fingerprint density at radius 2 is 1.25 bits per heavy atom. The summed E-state index contributed by atoms with van der Waals surface area (Å²) in [5.74, 6) is -0.833. The van der Waals surface area contributed by atoms with E-state index in [-0.39, 0.29) is 0 Å². The molecule has 0 aromatic heterocycles. The van der Waals surface area contributed by atoms with Crippen LogP contribution in [-0.2, 0) is 19.1 Å². The summed E-state index contributed by atoms with van der Waals surface area (Å²) in [4.78, 5) is 21.9. The number of halogens is 2. The van der Waals surface area contributed by atoms with E-state index < -0.39 is 19.8 Å². The lowest BCUT2D eigenvalue weighted by Crippen LogP contribution is -2.32. The highest BCUT2D eigenvalue weighted by Crippen LogP contribution is 2.17. The zero-order valence-corrected chi connectivity index (χ0v) is 10.9. The molecule has 2 atom stereocenters. The Bertz CT molecular complexity index is 162. The molecule has 2 unspecified atom stereocenters. The number of rotatable bonds is 3. The van der Waals surface area contributed by atoms with Gasteiger partial charge in [0.2, 0.25) is 0 Å². The zero-order valence-electron chi connectivity index (χ0n) is 6.54. The van der Waals surface area contributed by atoms with Crippen LogP contribution in [0.25, 0.3) is 0 Å². The van der Waals surface area contributed by atoms with E-state index in [0.29, 0.717) is 0 Å². The molecule has 0 spiro atoms. The zero-order chi connectivity index (χ0) is 9.72. The summed E-state index contributed by atoms with van der Waals surface area (Å²) in [6.07, 6.45) is 0. The Hall–Kier alpha value is 0.400. The molecule has 0 N–H and O–H groups in total. The molecule has 0 aliphatic rings. The Morgan fingerprint density at radius 1 is 1.00 bits per heavy atom. The van der Waals surface area contributed by atoms with Crippen molar-refractivity contribution >= 4 is 57.1 Å². The van der Waals surface area contributed by atoms with E-state index in [0.717, 1.165) is 0 Å². The first-order valence-corrected chi connectivity index (χ1v) is 5.47. The highest BCUT2D eigenvalue weighted by atomic mass is 127. The lowest BCUT2D eigenvalue weighted by molar-refractivity contribution is -0.145. The second-order valence-electron chi connectivity index (χ2n) is 1.85. The van der Waals surface area contributed by atoms with Crippen LogP contribution in [0, 0.1) is 0 Å². The number of hydrogen-bond donors (Lipinski definition) is 0. The molecule has 0 rings (SSSR count). The number of alkyl halides is 2. The summed E-state index contributed by atoms with van der Waals surface area (Å²) >= 11 is 3.70. The molecule has 0 saturated carbocycles. The van der Waals surface area contributed by atoms with Crippen LogP contribution >= 0.6 is 45.2 Å². The van der Waals surface area contributed by atoms with E-state index in [4.69, 9.17) is 0 Å². The second-order valence-corrected chi connectivity index (χ2v) is 4.53. The molecule has 0 bridgehead atoms. The minimum absolute atomic E-state index is 0.416. The third-order valence-electron chi connectivity index (χ3n) is 1.11. The summed E-state index contributed by atoms with van der Waals surface area (Å²) in [7, 11) is 2.57. The monoisotopic (exact) mass is 398 g/mol. The predicted molar refractivity (Wildman–Crippen MR) is 59.6 cm³/mol. The van der Waals surface area contributed by atoms with E-state index in [1.807, 2.05) is 45.2 Å². The summed E-state index contributed by atoms with van der Waals surface area (Å²) < 4.78 is 7.94. The first kappa shape index (κ1) is 12.4. The minimum Gasteiger partial charge on any atom is -0.468 e. The van der Waals surface area contributed by atoms with Gasteiger partial charge in [0, 0.05) is 0 Å². The first-order valence-electron chi connectivity index (χ1n) is 2.98. The van der Waals surface area contributed by atoms with E-state index in [1.165, 1.54) is 14.2 Å². The van der Waals surface area contributed by atoms with Crippen molar-refractivity contribution in [3.8, 4) is 0 Å². The molecule has 0 radical (unpaired) electrons. The van der Waals surface area contributed by atoms with Crippen molar-refractivity contribution in [1.29, 1.82) is 0 Å². The number of hydrogen-bond acceptors (Lipinski definition) is 4. The predicted octanol–water partition coefficient (Wildman–Crippen LogP) is 0.940. The van der Waals surface area contributed by atoms with Gasteiger partial charge in [-0.15, -0.1) is 0 Å². The molecule has 0 aliphatic heterocycles. The van der Waals surface area contributed by atoms with Gasteiger partial charge in [0.25, 0.3) is 0 Å². The molecule has 6 heteroatoms. The Labute approximate surface area is 97.6 Å². The SMILES string of the molecule is COC(=O)C(I)C(I)C(=O)OC. The molecule has 0 aromatic rings. The van der Waals surface area contributed by atoms with Crippen LogP contribution in [0.4, 0.5) is 0 Å². The highest BCUT2D eigenvalue weighted by Gasteiger charge is 2.30. The topological polar surface area (TPSA) is 52.6 Å². The van der Waals surface area contributed by atoms with Crippen LogP contribution < -0.4 is 0 Å². The standard InChI is InChI=1S/C6H8I2O4/c1-11-5(9)3(7)4(8)6(10)12-2/h3-4H,1-2H3. The fourth-order valence-electron chi connectivity index (χ4n) is 0.464. The van der Waals surface area contributed by atoms with Gasteiger partial charge < -0.3 is 9.47 Å². The minimum atomic E-state index is -0.499. The lowest BCUT2D eigenvalue weighted by Gasteiger charge is -2.11. The normalized spacial score (nSPS) is 14.7. The van der Waals surface area contributed by atoms with Gasteiger partial charge >= 0.3 is 11.9 Å². The average molecular weight is 398 g/mol. The highest BCUT2D eigenvalue weighted by molar-refractivity contribution is 14.1. The molecular formula is C6H8I2O4. The van der Waals surface area contributed by atoms with Crippen LogP contribution in [-0.4, -0.2) is 34.0 Å². The van der Waals surface area contributed by atoms with Gasteiger partial charge in [-0.25, -0.2) is 0 Å². The summed E-state index contributed by atoms with van der Waals surface area (Å²) in [6.45, 7) is 0. The molecule has 0 heterocycles. The average Bonchev–Trinajstić information content (AvgIpc) is 2.12. The van der Waals surface area contributed by atoms with Crippen molar-refractivity contribution in [1.82, 2.24) is 0 Å². The molecule has 12 heavy (non-hydrogen) atoms. The van der Waals surface area contributed by atoms with Crippen LogP contribution in [0.5, 0.6) is 0 Å². The van der Waals surface area contributed by atoms with E-state index in [2.05, 4.69) is 9.47 Å². The third-order valence-corrected chi connectivity index (χ3v) is 4.94. The molecular weight excluding hydrogens is 390 g/mol. The molecule has 0 fully saturated rings. The van der Waals surface area contributed by atoms with Gasteiger partial charge in [0.15, 0.2) is 0 Å². The van der Waals surface area contributed by atoms with Gasteiger partial charge in [-0.2, -0.15) is 0 Å². The van der Waals surface area contributed by atoms with Crippen LogP contribution in [0.1, 0.15) is 0 Å². The van der Waals surface area contributed by atoms with Crippen molar-refractivity contribution < 1.29 is 19.1 Å².